The number of aryl methyl sites for hydroxylation is 1. The normalized spacial score (nSPS) is 10.8. The molecule has 90 valence electrons. The molecule has 1 rings (SSSR count). The molecular weight excluding hydrogens is 218 g/mol. The van der Waals surface area contributed by atoms with E-state index in [1.807, 2.05) is 12.1 Å². The van der Waals surface area contributed by atoms with Crippen LogP contribution in [0.25, 0.3) is 0 Å². The molecule has 1 aromatic carbocycles. The van der Waals surface area contributed by atoms with Crippen LogP contribution in [0.5, 0.6) is 0 Å². The standard InChI is InChI=1S/C14H22ClN/c1-4-6-13(7-5-2)16-14-9-8-12(15)10-11(14)3/h8-10,13,16H,4-7H2,1-3H3. The van der Waals surface area contributed by atoms with E-state index in [1.165, 1.54) is 36.9 Å². The Labute approximate surface area is 104 Å². The van der Waals surface area contributed by atoms with Crippen LogP contribution in [0, 0.1) is 6.92 Å². The number of hydrogen-bond acceptors (Lipinski definition) is 1. The van der Waals surface area contributed by atoms with E-state index in [1.54, 1.807) is 0 Å². The summed E-state index contributed by atoms with van der Waals surface area (Å²) >= 11 is 5.95. The predicted molar refractivity (Wildman–Crippen MR) is 73.4 cm³/mol. The van der Waals surface area contributed by atoms with E-state index in [0.717, 1.165) is 5.02 Å². The van der Waals surface area contributed by atoms with Gasteiger partial charge in [-0.3, -0.25) is 0 Å². The summed E-state index contributed by atoms with van der Waals surface area (Å²) in [5, 5.41) is 4.43. The molecule has 0 saturated heterocycles. The van der Waals surface area contributed by atoms with Crippen LogP contribution in [0.3, 0.4) is 0 Å². The first-order valence-electron chi connectivity index (χ1n) is 6.20. The zero-order chi connectivity index (χ0) is 12.0. The Balaban J connectivity index is 2.68. The van der Waals surface area contributed by atoms with E-state index >= 15 is 0 Å². The van der Waals surface area contributed by atoms with E-state index in [9.17, 15) is 0 Å². The Morgan fingerprint density at radius 2 is 1.81 bits per heavy atom. The molecule has 0 aromatic heterocycles. The molecule has 0 radical (unpaired) electrons. The highest BCUT2D eigenvalue weighted by Gasteiger charge is 2.07. The molecule has 0 heterocycles. The van der Waals surface area contributed by atoms with Gasteiger partial charge >= 0.3 is 0 Å². The number of halogens is 1. The van der Waals surface area contributed by atoms with Crippen molar-refractivity contribution in [3.8, 4) is 0 Å². The second-order valence-corrected chi connectivity index (χ2v) is 4.81. The molecule has 0 aliphatic heterocycles. The quantitative estimate of drug-likeness (QED) is 0.734. The molecule has 0 saturated carbocycles. The SMILES string of the molecule is CCCC(CCC)Nc1ccc(Cl)cc1C. The zero-order valence-electron chi connectivity index (χ0n) is 10.5. The lowest BCUT2D eigenvalue weighted by Crippen LogP contribution is -2.19. The lowest BCUT2D eigenvalue weighted by Gasteiger charge is -2.20. The second-order valence-electron chi connectivity index (χ2n) is 4.38. The van der Waals surface area contributed by atoms with Gasteiger partial charge in [0, 0.05) is 16.8 Å². The van der Waals surface area contributed by atoms with Gasteiger partial charge < -0.3 is 5.32 Å². The molecule has 1 N–H and O–H groups in total. The zero-order valence-corrected chi connectivity index (χ0v) is 11.3. The lowest BCUT2D eigenvalue weighted by atomic mass is 10.1. The van der Waals surface area contributed by atoms with Gasteiger partial charge in [0.05, 0.1) is 0 Å². The average Bonchev–Trinajstić information content (AvgIpc) is 2.23. The summed E-state index contributed by atoms with van der Waals surface area (Å²) in [6.07, 6.45) is 4.92. The molecule has 1 nitrogen and oxygen atoms in total. The highest BCUT2D eigenvalue weighted by molar-refractivity contribution is 6.30. The third kappa shape index (κ3) is 4.05. The first-order chi connectivity index (χ1) is 7.67. The Morgan fingerprint density at radius 1 is 1.19 bits per heavy atom. The van der Waals surface area contributed by atoms with Crippen molar-refractivity contribution in [1.29, 1.82) is 0 Å². The van der Waals surface area contributed by atoms with E-state index in [-0.39, 0.29) is 0 Å². The van der Waals surface area contributed by atoms with Crippen molar-refractivity contribution in [2.75, 3.05) is 5.32 Å². The van der Waals surface area contributed by atoms with Crippen LogP contribution in [0.1, 0.15) is 45.1 Å². The number of hydrogen-bond donors (Lipinski definition) is 1. The van der Waals surface area contributed by atoms with Crippen LogP contribution < -0.4 is 5.32 Å². The van der Waals surface area contributed by atoms with E-state index in [4.69, 9.17) is 11.6 Å². The first kappa shape index (κ1) is 13.4. The molecular formula is C14H22ClN. The Hall–Kier alpha value is -0.690. The van der Waals surface area contributed by atoms with Gasteiger partial charge in [-0.1, -0.05) is 38.3 Å². The van der Waals surface area contributed by atoms with Gasteiger partial charge in [0.2, 0.25) is 0 Å². The van der Waals surface area contributed by atoms with Gasteiger partial charge in [0.25, 0.3) is 0 Å². The van der Waals surface area contributed by atoms with Gasteiger partial charge in [0.15, 0.2) is 0 Å². The second kappa shape index (κ2) is 6.80. The third-order valence-electron chi connectivity index (χ3n) is 2.82. The Bertz CT molecular complexity index is 317. The molecule has 0 aliphatic carbocycles. The monoisotopic (exact) mass is 239 g/mol. The Morgan fingerprint density at radius 3 is 2.31 bits per heavy atom. The summed E-state index contributed by atoms with van der Waals surface area (Å²) in [4.78, 5) is 0. The van der Waals surface area contributed by atoms with E-state index in [0.29, 0.717) is 6.04 Å². The number of rotatable bonds is 6. The molecule has 0 spiro atoms. The maximum atomic E-state index is 5.95. The number of anilines is 1. The van der Waals surface area contributed by atoms with Crippen LogP contribution in [-0.4, -0.2) is 6.04 Å². The minimum absolute atomic E-state index is 0.592. The topological polar surface area (TPSA) is 12.0 Å². The van der Waals surface area contributed by atoms with E-state index in [2.05, 4.69) is 32.2 Å². The summed E-state index contributed by atoms with van der Waals surface area (Å²) in [6, 6.07) is 6.63. The van der Waals surface area contributed by atoms with E-state index < -0.39 is 0 Å². The highest BCUT2D eigenvalue weighted by Crippen LogP contribution is 2.22. The maximum Gasteiger partial charge on any atom is 0.0410 e. The minimum atomic E-state index is 0.592. The molecule has 0 bridgehead atoms. The summed E-state index contributed by atoms with van der Waals surface area (Å²) < 4.78 is 0. The Kier molecular flexibility index (Phi) is 5.68. The fraction of sp³-hybridized carbons (Fsp3) is 0.571. The van der Waals surface area contributed by atoms with Crippen molar-refractivity contribution in [3.63, 3.8) is 0 Å². The summed E-state index contributed by atoms with van der Waals surface area (Å²) in [5.41, 5.74) is 2.45. The van der Waals surface area contributed by atoms with Gasteiger partial charge in [0.1, 0.15) is 0 Å². The number of benzene rings is 1. The fourth-order valence-electron chi connectivity index (χ4n) is 1.99. The van der Waals surface area contributed by atoms with Gasteiger partial charge in [-0.2, -0.15) is 0 Å². The van der Waals surface area contributed by atoms with Crippen molar-refractivity contribution < 1.29 is 0 Å². The van der Waals surface area contributed by atoms with Crippen molar-refractivity contribution in [2.45, 2.75) is 52.5 Å². The number of nitrogens with one attached hydrogen (secondary N) is 1. The van der Waals surface area contributed by atoms with Crippen LogP contribution in [0.4, 0.5) is 5.69 Å². The van der Waals surface area contributed by atoms with Gasteiger partial charge in [-0.25, -0.2) is 0 Å². The molecule has 0 atom stereocenters. The van der Waals surface area contributed by atoms with Gasteiger partial charge in [-0.15, -0.1) is 0 Å². The largest absolute Gasteiger partial charge is 0.382 e. The molecule has 1 aromatic rings. The first-order valence-corrected chi connectivity index (χ1v) is 6.57. The molecule has 16 heavy (non-hydrogen) atoms. The van der Waals surface area contributed by atoms with Crippen LogP contribution >= 0.6 is 11.6 Å². The summed E-state index contributed by atoms with van der Waals surface area (Å²) in [6.45, 7) is 6.57. The summed E-state index contributed by atoms with van der Waals surface area (Å²) in [5.74, 6) is 0. The van der Waals surface area contributed by atoms with Crippen LogP contribution in [0.15, 0.2) is 18.2 Å². The minimum Gasteiger partial charge on any atom is -0.382 e. The molecule has 0 aliphatic rings. The molecule has 0 unspecified atom stereocenters. The van der Waals surface area contributed by atoms with Crippen molar-refractivity contribution in [3.05, 3.63) is 28.8 Å². The maximum absolute atomic E-state index is 5.95. The smallest absolute Gasteiger partial charge is 0.0410 e. The van der Waals surface area contributed by atoms with Crippen LogP contribution in [-0.2, 0) is 0 Å². The highest BCUT2D eigenvalue weighted by atomic mass is 35.5. The van der Waals surface area contributed by atoms with Crippen LogP contribution in [0.2, 0.25) is 5.02 Å². The summed E-state index contributed by atoms with van der Waals surface area (Å²) in [7, 11) is 0. The third-order valence-corrected chi connectivity index (χ3v) is 3.06. The fourth-order valence-corrected chi connectivity index (χ4v) is 2.22. The van der Waals surface area contributed by atoms with Crippen molar-refractivity contribution >= 4 is 17.3 Å². The molecule has 0 fully saturated rings. The average molecular weight is 240 g/mol. The lowest BCUT2D eigenvalue weighted by molar-refractivity contribution is 0.586. The molecule has 0 amide bonds. The van der Waals surface area contributed by atoms with Crippen molar-refractivity contribution in [1.82, 2.24) is 0 Å². The van der Waals surface area contributed by atoms with Gasteiger partial charge in [-0.05, 0) is 43.5 Å². The predicted octanol–water partition coefficient (Wildman–Crippen LogP) is 5.03. The molecule has 2 heteroatoms. The van der Waals surface area contributed by atoms with Crippen molar-refractivity contribution in [2.24, 2.45) is 0 Å².